The number of carbonyl (C=O) groups excluding carboxylic acids is 1. The van der Waals surface area contributed by atoms with Crippen molar-refractivity contribution in [2.45, 2.75) is 13.8 Å². The second kappa shape index (κ2) is 7.08. The second-order valence-corrected chi connectivity index (χ2v) is 5.29. The number of hydrogen-bond acceptors (Lipinski definition) is 4. The number of aromatic nitrogens is 2. The number of halogens is 1. The van der Waals surface area contributed by atoms with Crippen molar-refractivity contribution < 1.29 is 9.53 Å². The molecule has 1 heterocycles. The molecule has 2 aromatic rings. The maximum absolute atomic E-state index is 11.3. The molecule has 2 N–H and O–H groups in total. The predicted molar refractivity (Wildman–Crippen MR) is 85.7 cm³/mol. The van der Waals surface area contributed by atoms with E-state index in [1.165, 1.54) is 6.08 Å². The summed E-state index contributed by atoms with van der Waals surface area (Å²) in [5.41, 5.74) is 2.60. The molecule has 110 valence electrons. The molecule has 5 nitrogen and oxygen atoms in total. The van der Waals surface area contributed by atoms with Crippen molar-refractivity contribution in [3.63, 3.8) is 0 Å². The molecule has 0 saturated heterocycles. The summed E-state index contributed by atoms with van der Waals surface area (Å²) in [7, 11) is 0. The number of rotatable bonds is 5. The number of benzene rings is 1. The van der Waals surface area contributed by atoms with Crippen LogP contribution in [0.15, 0.2) is 46.6 Å². The minimum atomic E-state index is -0.369. The quantitative estimate of drug-likeness (QED) is 0.637. The molecule has 6 heteroatoms. The van der Waals surface area contributed by atoms with Gasteiger partial charge in [-0.2, -0.15) is 5.10 Å². The van der Waals surface area contributed by atoms with E-state index >= 15 is 0 Å². The zero-order valence-corrected chi connectivity index (χ0v) is 13.4. The third-order valence-corrected chi connectivity index (χ3v) is 3.21. The van der Waals surface area contributed by atoms with Crippen LogP contribution in [-0.4, -0.2) is 22.8 Å². The van der Waals surface area contributed by atoms with Gasteiger partial charge in [0, 0.05) is 22.3 Å². The van der Waals surface area contributed by atoms with E-state index in [0.717, 1.165) is 15.7 Å². The topological polar surface area (TPSA) is 67.0 Å². The summed E-state index contributed by atoms with van der Waals surface area (Å²) in [6.07, 6.45) is 1.40. The normalized spacial score (nSPS) is 11.3. The molecule has 0 radical (unpaired) electrons. The molecule has 0 aliphatic rings. The Hall–Kier alpha value is -2.08. The number of allylic oxidation sites excluding steroid dienone is 1. The van der Waals surface area contributed by atoms with Gasteiger partial charge in [-0.15, -0.1) is 0 Å². The van der Waals surface area contributed by atoms with Crippen LogP contribution in [-0.2, 0) is 9.53 Å². The highest BCUT2D eigenvalue weighted by Crippen LogP contribution is 2.22. The third kappa shape index (κ3) is 4.46. The van der Waals surface area contributed by atoms with Gasteiger partial charge in [-0.3, -0.25) is 5.10 Å². The van der Waals surface area contributed by atoms with Crippen LogP contribution in [0.2, 0.25) is 0 Å². The summed E-state index contributed by atoms with van der Waals surface area (Å²) in [6, 6.07) is 9.79. The lowest BCUT2D eigenvalue weighted by molar-refractivity contribution is -0.137. The van der Waals surface area contributed by atoms with E-state index in [0.29, 0.717) is 18.1 Å². The summed E-state index contributed by atoms with van der Waals surface area (Å²) in [5, 5.41) is 10.2. The number of anilines is 1. The van der Waals surface area contributed by atoms with Crippen LogP contribution in [0.3, 0.4) is 0 Å². The van der Waals surface area contributed by atoms with Gasteiger partial charge in [0.25, 0.3) is 0 Å². The smallest absolute Gasteiger partial charge is 0.332 e. The maximum atomic E-state index is 11.3. The molecule has 0 aliphatic heterocycles. The fraction of sp³-hybridized carbons (Fsp3) is 0.200. The van der Waals surface area contributed by atoms with Crippen molar-refractivity contribution in [2.75, 3.05) is 11.9 Å². The molecular formula is C15H16BrN3O2. The molecule has 0 spiro atoms. The molecule has 0 atom stereocenters. The van der Waals surface area contributed by atoms with Crippen LogP contribution in [0.1, 0.15) is 13.8 Å². The minimum Gasteiger partial charge on any atom is -0.463 e. The highest BCUT2D eigenvalue weighted by molar-refractivity contribution is 9.10. The highest BCUT2D eigenvalue weighted by atomic mass is 79.9. The van der Waals surface area contributed by atoms with E-state index in [9.17, 15) is 4.79 Å². The largest absolute Gasteiger partial charge is 0.463 e. The van der Waals surface area contributed by atoms with Gasteiger partial charge in [0.2, 0.25) is 0 Å². The van der Waals surface area contributed by atoms with Crippen LogP contribution >= 0.6 is 15.9 Å². The molecule has 0 bridgehead atoms. The highest BCUT2D eigenvalue weighted by Gasteiger charge is 2.05. The van der Waals surface area contributed by atoms with Crippen LogP contribution in [0.25, 0.3) is 11.3 Å². The number of carbonyl (C=O) groups is 1. The molecule has 0 saturated carbocycles. The molecule has 0 fully saturated rings. The summed E-state index contributed by atoms with van der Waals surface area (Å²) in [4.78, 5) is 11.3. The van der Waals surface area contributed by atoms with Crippen molar-refractivity contribution in [1.29, 1.82) is 0 Å². The lowest BCUT2D eigenvalue weighted by Gasteiger charge is -2.02. The molecule has 0 amide bonds. The summed E-state index contributed by atoms with van der Waals surface area (Å²) in [5.74, 6) is 0.275. The Labute approximate surface area is 131 Å². The van der Waals surface area contributed by atoms with Gasteiger partial charge in [0.1, 0.15) is 0 Å². The van der Waals surface area contributed by atoms with E-state index < -0.39 is 0 Å². The first-order valence-electron chi connectivity index (χ1n) is 6.52. The Morgan fingerprint density at radius 2 is 2.14 bits per heavy atom. The maximum Gasteiger partial charge on any atom is 0.332 e. The number of H-pyrrole nitrogens is 1. The fourth-order valence-corrected chi connectivity index (χ4v) is 2.03. The van der Waals surface area contributed by atoms with Crippen molar-refractivity contribution in [3.8, 4) is 11.3 Å². The SMILES string of the molecule is CCOC(=O)C=C(C)Nc1cc(-c2ccc(Br)cc2)[nH]n1. The molecule has 2 rings (SSSR count). The van der Waals surface area contributed by atoms with Crippen molar-refractivity contribution in [1.82, 2.24) is 10.2 Å². The zero-order chi connectivity index (χ0) is 15.2. The first-order valence-corrected chi connectivity index (χ1v) is 7.31. The molecule has 1 aromatic carbocycles. The Bertz CT molecular complexity index is 647. The molecular weight excluding hydrogens is 334 g/mol. The Morgan fingerprint density at radius 1 is 1.43 bits per heavy atom. The zero-order valence-electron chi connectivity index (χ0n) is 11.8. The average molecular weight is 350 g/mol. The van der Waals surface area contributed by atoms with E-state index in [1.807, 2.05) is 30.3 Å². The number of nitrogens with one attached hydrogen (secondary N) is 2. The van der Waals surface area contributed by atoms with Gasteiger partial charge in [-0.1, -0.05) is 28.1 Å². The first-order chi connectivity index (χ1) is 10.1. The third-order valence-electron chi connectivity index (χ3n) is 2.68. The number of hydrogen-bond donors (Lipinski definition) is 2. The van der Waals surface area contributed by atoms with Gasteiger partial charge in [0.05, 0.1) is 12.3 Å². The van der Waals surface area contributed by atoms with Crippen LogP contribution in [0.5, 0.6) is 0 Å². The van der Waals surface area contributed by atoms with Crippen molar-refractivity contribution >= 4 is 27.7 Å². The van der Waals surface area contributed by atoms with Gasteiger partial charge >= 0.3 is 5.97 Å². The standard InChI is InChI=1S/C15H16BrN3O2/c1-3-21-15(20)8-10(2)17-14-9-13(18-19-14)11-4-6-12(16)7-5-11/h4-9H,3H2,1-2H3,(H2,17,18,19). The summed E-state index contributed by atoms with van der Waals surface area (Å²) in [6.45, 7) is 3.91. The Kier molecular flexibility index (Phi) is 5.16. The number of aromatic amines is 1. The average Bonchev–Trinajstić information content (AvgIpc) is 2.88. The van der Waals surface area contributed by atoms with E-state index in [-0.39, 0.29) is 5.97 Å². The molecule has 0 unspecified atom stereocenters. The number of ether oxygens (including phenoxy) is 1. The fourth-order valence-electron chi connectivity index (χ4n) is 1.76. The number of esters is 1. The van der Waals surface area contributed by atoms with Gasteiger partial charge < -0.3 is 10.1 Å². The monoisotopic (exact) mass is 349 g/mol. The van der Waals surface area contributed by atoms with Crippen molar-refractivity contribution in [2.24, 2.45) is 0 Å². The predicted octanol–water partition coefficient (Wildman–Crippen LogP) is 3.72. The Morgan fingerprint density at radius 3 is 2.81 bits per heavy atom. The minimum absolute atomic E-state index is 0.360. The first kappa shape index (κ1) is 15.3. The lowest BCUT2D eigenvalue weighted by atomic mass is 10.1. The molecule has 21 heavy (non-hydrogen) atoms. The van der Waals surface area contributed by atoms with E-state index in [2.05, 4.69) is 31.4 Å². The summed E-state index contributed by atoms with van der Waals surface area (Å²) < 4.78 is 5.87. The summed E-state index contributed by atoms with van der Waals surface area (Å²) >= 11 is 3.40. The molecule has 1 aromatic heterocycles. The van der Waals surface area contributed by atoms with Crippen LogP contribution in [0, 0.1) is 0 Å². The molecule has 0 aliphatic carbocycles. The van der Waals surface area contributed by atoms with Crippen molar-refractivity contribution in [3.05, 3.63) is 46.6 Å². The van der Waals surface area contributed by atoms with E-state index in [4.69, 9.17) is 4.74 Å². The van der Waals surface area contributed by atoms with Gasteiger partial charge in [-0.25, -0.2) is 4.79 Å². The van der Waals surface area contributed by atoms with E-state index in [1.54, 1.807) is 13.8 Å². The van der Waals surface area contributed by atoms with Gasteiger partial charge in [-0.05, 0) is 31.5 Å². The van der Waals surface area contributed by atoms with Gasteiger partial charge in [0.15, 0.2) is 5.82 Å². The second-order valence-electron chi connectivity index (χ2n) is 4.38. The number of nitrogens with zero attached hydrogens (tertiary/aromatic N) is 1. The lowest BCUT2D eigenvalue weighted by Crippen LogP contribution is -2.04. The van der Waals surface area contributed by atoms with Crippen LogP contribution in [0.4, 0.5) is 5.82 Å². The van der Waals surface area contributed by atoms with Crippen LogP contribution < -0.4 is 5.32 Å². The Balaban J connectivity index is 2.06.